The molecule has 0 bridgehead atoms. The number of nitrogens with zero attached hydrogens (tertiary/aromatic N) is 3. The maximum absolute atomic E-state index is 13.7. The number of carboxylic acids is 1. The number of aliphatic carboxylic acids is 1. The van der Waals surface area contributed by atoms with E-state index in [9.17, 15) is 49.1 Å². The van der Waals surface area contributed by atoms with Gasteiger partial charge in [0.15, 0.2) is 0 Å². The van der Waals surface area contributed by atoms with Crippen molar-refractivity contribution >= 4 is 58.6 Å². The Balaban J connectivity index is 1.32. The highest BCUT2D eigenvalue weighted by atomic mass is 32.1. The van der Waals surface area contributed by atoms with Crippen LogP contribution in [0.2, 0.25) is 0 Å². The summed E-state index contributed by atoms with van der Waals surface area (Å²) in [5.41, 5.74) is 2.41. The van der Waals surface area contributed by atoms with Gasteiger partial charge in [-0.2, -0.15) is 0 Å². The number of hydrogen-bond donors (Lipinski definition) is 5. The van der Waals surface area contributed by atoms with E-state index in [1.807, 2.05) is 0 Å². The van der Waals surface area contributed by atoms with Crippen LogP contribution >= 0.6 is 11.3 Å². The molecular weight excluding hydrogens is 963 g/mol. The SMILES string of the molecule is CCCCCCCCCCCCNC(=O)c1ccc(CN(Cc2ccc(N(O)O)cc2)C(=O)C(=O)OC(=O)c2ccc(CN(Cc3cccc(C(=O)NCCCCCCCCCCCC)c3)C(=O)C(=O)O)s2)cc1. The van der Waals surface area contributed by atoms with E-state index in [4.69, 9.17) is 4.74 Å². The van der Waals surface area contributed by atoms with Crippen LogP contribution in [0.15, 0.2) is 84.9 Å². The smallest absolute Gasteiger partial charge is 0.404 e. The molecule has 5 N–H and O–H groups in total. The summed E-state index contributed by atoms with van der Waals surface area (Å²) >= 11 is 0.845. The molecule has 4 aromatic rings. The van der Waals surface area contributed by atoms with E-state index in [0.29, 0.717) is 45.8 Å². The van der Waals surface area contributed by atoms with E-state index >= 15 is 0 Å². The van der Waals surface area contributed by atoms with E-state index in [1.54, 1.807) is 48.5 Å². The fourth-order valence-electron chi connectivity index (χ4n) is 8.40. The van der Waals surface area contributed by atoms with Crippen LogP contribution in [0.5, 0.6) is 0 Å². The molecule has 3 aromatic carbocycles. The average Bonchev–Trinajstić information content (AvgIpc) is 3.87. The van der Waals surface area contributed by atoms with Crippen LogP contribution in [0.1, 0.15) is 194 Å². The first-order valence-electron chi connectivity index (χ1n) is 26.5. The summed E-state index contributed by atoms with van der Waals surface area (Å²) in [6.07, 6.45) is 23.7. The van der Waals surface area contributed by atoms with Gasteiger partial charge < -0.3 is 30.3 Å². The van der Waals surface area contributed by atoms with Crippen molar-refractivity contribution in [1.82, 2.24) is 20.4 Å². The highest BCUT2D eigenvalue weighted by Gasteiger charge is 2.29. The fraction of sp³-hybridized carbons (Fsp3) is 0.491. The number of carbonyl (C=O) groups excluding carboxylic acids is 6. The summed E-state index contributed by atoms with van der Waals surface area (Å²) in [6.45, 7) is 4.82. The molecule has 1 heterocycles. The third kappa shape index (κ3) is 22.4. The molecule has 0 saturated heterocycles. The van der Waals surface area contributed by atoms with Crippen LogP contribution in [0.25, 0.3) is 0 Å². The summed E-state index contributed by atoms with van der Waals surface area (Å²) in [6, 6.07) is 21.8. The van der Waals surface area contributed by atoms with Crippen molar-refractivity contribution < 1.29 is 53.8 Å². The maximum Gasteiger partial charge on any atom is 0.404 e. The largest absolute Gasteiger partial charge is 0.474 e. The monoisotopic (exact) mass is 1040 g/mol. The van der Waals surface area contributed by atoms with Gasteiger partial charge in [0.25, 0.3) is 11.8 Å². The number of thiophene rings is 1. The number of carboxylic acid groups (broad SMARTS) is 1. The van der Waals surface area contributed by atoms with E-state index in [1.165, 1.54) is 126 Å². The lowest BCUT2D eigenvalue weighted by Crippen LogP contribution is -2.37. The van der Waals surface area contributed by atoms with Gasteiger partial charge >= 0.3 is 29.7 Å². The Labute approximate surface area is 440 Å². The molecular formula is C57H77N5O11S. The zero-order valence-electron chi connectivity index (χ0n) is 43.3. The van der Waals surface area contributed by atoms with E-state index < -0.39 is 29.7 Å². The van der Waals surface area contributed by atoms with E-state index in [2.05, 4.69) is 24.5 Å². The lowest BCUT2D eigenvalue weighted by molar-refractivity contribution is -0.157. The summed E-state index contributed by atoms with van der Waals surface area (Å²) in [4.78, 5) is 93.7. The lowest BCUT2D eigenvalue weighted by Gasteiger charge is -2.22. The normalized spacial score (nSPS) is 10.9. The second-order valence-corrected chi connectivity index (χ2v) is 20.0. The van der Waals surface area contributed by atoms with Crippen LogP contribution < -0.4 is 15.9 Å². The molecule has 402 valence electrons. The first-order valence-corrected chi connectivity index (χ1v) is 27.3. The van der Waals surface area contributed by atoms with Gasteiger partial charge in [-0.15, -0.1) is 16.6 Å². The number of esters is 2. The van der Waals surface area contributed by atoms with Crippen molar-refractivity contribution in [2.75, 3.05) is 18.3 Å². The van der Waals surface area contributed by atoms with Crippen LogP contribution in [0.4, 0.5) is 5.69 Å². The first kappa shape index (κ1) is 60.1. The number of carbonyl (C=O) groups is 7. The predicted octanol–water partition coefficient (Wildman–Crippen LogP) is 11.2. The molecule has 0 atom stereocenters. The first-order chi connectivity index (χ1) is 35.8. The molecule has 17 heteroatoms. The van der Waals surface area contributed by atoms with Crippen molar-refractivity contribution in [1.29, 1.82) is 0 Å². The zero-order chi connectivity index (χ0) is 53.5. The van der Waals surface area contributed by atoms with Gasteiger partial charge in [-0.1, -0.05) is 166 Å². The zero-order valence-corrected chi connectivity index (χ0v) is 44.1. The van der Waals surface area contributed by atoms with Crippen LogP contribution in [0, 0.1) is 0 Å². The number of ether oxygens (including phenoxy) is 1. The molecule has 0 aliphatic carbocycles. The van der Waals surface area contributed by atoms with Gasteiger partial charge in [0.2, 0.25) is 0 Å². The predicted molar refractivity (Wildman–Crippen MR) is 285 cm³/mol. The maximum atomic E-state index is 13.7. The number of amides is 4. The van der Waals surface area contributed by atoms with Crippen LogP contribution in [-0.4, -0.2) is 79.9 Å². The molecule has 0 aliphatic heterocycles. The topological polar surface area (TPSA) is 223 Å². The van der Waals surface area contributed by atoms with Gasteiger partial charge in [-0.3, -0.25) is 29.6 Å². The summed E-state index contributed by atoms with van der Waals surface area (Å²) in [5.74, 6) is -7.20. The van der Waals surface area contributed by atoms with Gasteiger partial charge in [-0.05, 0) is 78.1 Å². The Morgan fingerprint density at radius 2 is 0.959 bits per heavy atom. The molecule has 74 heavy (non-hydrogen) atoms. The molecule has 0 radical (unpaired) electrons. The third-order valence-corrected chi connectivity index (χ3v) is 13.7. The number of unbranched alkanes of at least 4 members (excludes halogenated alkanes) is 18. The summed E-state index contributed by atoms with van der Waals surface area (Å²) < 4.78 is 5.06. The Morgan fingerprint density at radius 1 is 0.500 bits per heavy atom. The highest BCUT2D eigenvalue weighted by molar-refractivity contribution is 7.14. The fourth-order valence-corrected chi connectivity index (χ4v) is 9.30. The van der Waals surface area contributed by atoms with Gasteiger partial charge in [0, 0.05) is 48.7 Å². The number of hydrogen-bond acceptors (Lipinski definition) is 12. The Morgan fingerprint density at radius 3 is 1.46 bits per heavy atom. The Bertz CT molecular complexity index is 2370. The third-order valence-electron chi connectivity index (χ3n) is 12.7. The molecule has 4 amide bonds. The summed E-state index contributed by atoms with van der Waals surface area (Å²) in [5, 5.41) is 34.3. The minimum Gasteiger partial charge on any atom is -0.474 e. The molecule has 4 rings (SSSR count). The van der Waals surface area contributed by atoms with Crippen molar-refractivity contribution in [3.8, 4) is 0 Å². The second kappa shape index (κ2) is 34.1. The van der Waals surface area contributed by atoms with E-state index in [-0.39, 0.29) is 53.8 Å². The second-order valence-electron chi connectivity index (χ2n) is 18.8. The number of rotatable bonds is 34. The molecule has 1 aromatic heterocycles. The lowest BCUT2D eigenvalue weighted by atomic mass is 10.1. The minimum atomic E-state index is -1.70. The molecule has 0 fully saturated rings. The quantitative estimate of drug-likeness (QED) is 0.00969. The van der Waals surface area contributed by atoms with Gasteiger partial charge in [0.05, 0.1) is 12.2 Å². The molecule has 16 nitrogen and oxygen atoms in total. The van der Waals surface area contributed by atoms with Crippen molar-refractivity contribution in [2.24, 2.45) is 0 Å². The standard InChI is InChI=1S/C57H77N5O11S/c1-3-5-7-9-11-13-15-17-19-21-36-58-51(63)46-30-26-43(27-31-46)39-60(40-44-28-32-48(33-29-44)62(71)72)54(66)57(70)73-56(69)50-35-34-49(74-50)42-61(53(65)55(67)68)41-45-24-23-25-47(38-45)52(64)59-37-22-20-18-16-14-12-10-8-6-4-2/h23-35,38,71-72H,3-22,36-37,39-42H2,1-2H3,(H,58,63)(H,59,64)(H,67,68). The number of benzene rings is 3. The average molecular weight is 1040 g/mol. The van der Waals surface area contributed by atoms with Crippen LogP contribution in [-0.2, 0) is 50.1 Å². The van der Waals surface area contributed by atoms with E-state index in [0.717, 1.165) is 59.7 Å². The van der Waals surface area contributed by atoms with Crippen molar-refractivity contribution in [2.45, 2.75) is 168 Å². The molecule has 0 spiro atoms. The molecule has 0 aliphatic rings. The number of anilines is 1. The van der Waals surface area contributed by atoms with Gasteiger partial charge in [-0.25, -0.2) is 14.4 Å². The number of nitrogens with one attached hydrogen (secondary N) is 2. The van der Waals surface area contributed by atoms with Crippen molar-refractivity contribution in [3.63, 3.8) is 0 Å². The minimum absolute atomic E-state index is 0.0490. The molecule has 0 saturated carbocycles. The highest BCUT2D eigenvalue weighted by Crippen LogP contribution is 2.23. The molecule has 0 unspecified atom stereocenters. The van der Waals surface area contributed by atoms with Crippen LogP contribution in [0.3, 0.4) is 0 Å². The Hall–Kier alpha value is -6.43. The summed E-state index contributed by atoms with van der Waals surface area (Å²) in [7, 11) is 0. The van der Waals surface area contributed by atoms with Gasteiger partial charge in [0.1, 0.15) is 4.88 Å². The van der Waals surface area contributed by atoms with Crippen molar-refractivity contribution in [3.05, 3.63) is 123 Å². The Kier molecular flexibility index (Phi) is 27.7.